The third kappa shape index (κ3) is 1.70. The Morgan fingerprint density at radius 3 is 3.25 bits per heavy atom. The van der Waals surface area contributed by atoms with E-state index in [0.29, 0.717) is 18.7 Å². The first-order chi connectivity index (χ1) is 7.74. The number of fused-ring (bicyclic) bond motifs is 1. The van der Waals surface area contributed by atoms with E-state index < -0.39 is 6.04 Å². The number of hydrogen-bond donors (Lipinski definition) is 0. The van der Waals surface area contributed by atoms with Crippen molar-refractivity contribution in [2.75, 3.05) is 11.9 Å². The van der Waals surface area contributed by atoms with E-state index in [9.17, 15) is 4.79 Å². The summed E-state index contributed by atoms with van der Waals surface area (Å²) in [6, 6.07) is 3.15. The van der Waals surface area contributed by atoms with Crippen LogP contribution < -0.4 is 4.90 Å². The summed E-state index contributed by atoms with van der Waals surface area (Å²) in [4.78, 5) is 20.3. The Balaban J connectivity index is 2.41. The topological polar surface area (TPSA) is 82.0 Å². The Hall–Kier alpha value is -2.07. The van der Waals surface area contributed by atoms with Gasteiger partial charge in [-0.15, -0.1) is 0 Å². The lowest BCUT2D eigenvalue weighted by atomic mass is 10.1. The van der Waals surface area contributed by atoms with Crippen molar-refractivity contribution in [3.05, 3.63) is 34.3 Å². The van der Waals surface area contributed by atoms with Gasteiger partial charge in [0.15, 0.2) is 0 Å². The summed E-state index contributed by atoms with van der Waals surface area (Å²) in [5.74, 6) is 0.457. The normalized spacial score (nSPS) is 19.7. The number of nitrogens with zero attached hydrogens (tertiary/aromatic N) is 5. The Labute approximate surface area is 92.5 Å². The summed E-state index contributed by atoms with van der Waals surface area (Å²) in [6.45, 7) is 0. The summed E-state index contributed by atoms with van der Waals surface area (Å²) in [7, 11) is 1.65. The van der Waals surface area contributed by atoms with Crippen molar-refractivity contribution in [1.82, 2.24) is 4.98 Å². The first-order valence-electron chi connectivity index (χ1n) is 4.99. The van der Waals surface area contributed by atoms with Crippen LogP contribution in [0.2, 0.25) is 0 Å². The van der Waals surface area contributed by atoms with Gasteiger partial charge in [0.2, 0.25) is 5.91 Å². The van der Waals surface area contributed by atoms with Crippen molar-refractivity contribution in [3.63, 3.8) is 0 Å². The highest BCUT2D eigenvalue weighted by molar-refractivity contribution is 5.97. The smallest absolute Gasteiger partial charge is 0.236 e. The van der Waals surface area contributed by atoms with Crippen LogP contribution in [0.5, 0.6) is 0 Å². The molecule has 0 N–H and O–H groups in total. The molecule has 1 amide bonds. The van der Waals surface area contributed by atoms with Gasteiger partial charge in [0.1, 0.15) is 11.9 Å². The molecule has 0 fully saturated rings. The van der Waals surface area contributed by atoms with Crippen LogP contribution in [0.4, 0.5) is 5.82 Å². The average Bonchev–Trinajstić information content (AvgIpc) is 2.43. The highest BCUT2D eigenvalue weighted by Gasteiger charge is 2.27. The molecule has 0 saturated heterocycles. The molecule has 2 rings (SSSR count). The fourth-order valence-electron chi connectivity index (χ4n) is 1.84. The molecule has 16 heavy (non-hydrogen) atoms. The van der Waals surface area contributed by atoms with Crippen molar-refractivity contribution in [3.8, 4) is 0 Å². The van der Waals surface area contributed by atoms with Crippen molar-refractivity contribution >= 4 is 11.7 Å². The van der Waals surface area contributed by atoms with Gasteiger partial charge < -0.3 is 0 Å². The lowest BCUT2D eigenvalue weighted by Gasteiger charge is -2.17. The highest BCUT2D eigenvalue weighted by atomic mass is 16.2. The van der Waals surface area contributed by atoms with Gasteiger partial charge in [0.05, 0.1) is 0 Å². The van der Waals surface area contributed by atoms with Crippen molar-refractivity contribution in [2.24, 2.45) is 5.11 Å². The second-order valence-corrected chi connectivity index (χ2v) is 3.64. The standard InChI is InChI=1S/C10H11N5O/c1-15-9-7(3-2-6-12-9)4-5-8(10(15)16)13-14-11/h2-3,6,8H,4-5H2,1H3. The molecular weight excluding hydrogens is 206 g/mol. The number of azide groups is 1. The van der Waals surface area contributed by atoms with Crippen LogP contribution in [-0.2, 0) is 11.2 Å². The number of aromatic nitrogens is 1. The number of rotatable bonds is 1. The second-order valence-electron chi connectivity index (χ2n) is 3.64. The van der Waals surface area contributed by atoms with E-state index in [4.69, 9.17) is 5.53 Å². The Bertz CT molecular complexity index is 466. The maximum absolute atomic E-state index is 11.9. The quantitative estimate of drug-likeness (QED) is 0.407. The molecule has 82 valence electrons. The lowest BCUT2D eigenvalue weighted by Crippen LogP contribution is -2.34. The van der Waals surface area contributed by atoms with Gasteiger partial charge in [-0.25, -0.2) is 4.98 Å². The van der Waals surface area contributed by atoms with Crippen LogP contribution in [0.1, 0.15) is 12.0 Å². The number of likely N-dealkylation sites (N-methyl/N-ethyl adjacent to an activating group) is 1. The van der Waals surface area contributed by atoms with E-state index in [0.717, 1.165) is 5.56 Å². The van der Waals surface area contributed by atoms with Crippen LogP contribution in [0.25, 0.3) is 10.4 Å². The van der Waals surface area contributed by atoms with E-state index in [1.807, 2.05) is 12.1 Å². The minimum absolute atomic E-state index is 0.199. The Morgan fingerprint density at radius 1 is 1.69 bits per heavy atom. The molecule has 1 aromatic heterocycles. The Kier molecular flexibility index (Phi) is 2.74. The molecule has 1 atom stereocenters. The van der Waals surface area contributed by atoms with Crippen molar-refractivity contribution in [1.29, 1.82) is 0 Å². The molecule has 1 aliphatic rings. The van der Waals surface area contributed by atoms with E-state index in [2.05, 4.69) is 15.0 Å². The van der Waals surface area contributed by atoms with E-state index >= 15 is 0 Å². The molecule has 0 aliphatic carbocycles. The summed E-state index contributed by atoms with van der Waals surface area (Å²) >= 11 is 0. The van der Waals surface area contributed by atoms with Gasteiger partial charge >= 0.3 is 0 Å². The summed E-state index contributed by atoms with van der Waals surface area (Å²) in [5.41, 5.74) is 9.41. The fraction of sp³-hybridized carbons (Fsp3) is 0.400. The SMILES string of the molecule is CN1C(=O)C(N=[N+]=[N-])CCc2cccnc21. The van der Waals surface area contributed by atoms with Crippen LogP contribution in [-0.4, -0.2) is 24.0 Å². The average molecular weight is 217 g/mol. The number of carbonyl (C=O) groups excluding carboxylic acids is 1. The number of pyridine rings is 1. The molecule has 6 heteroatoms. The number of amides is 1. The van der Waals surface area contributed by atoms with Crippen molar-refractivity contribution in [2.45, 2.75) is 18.9 Å². The molecule has 0 aromatic carbocycles. The van der Waals surface area contributed by atoms with Gasteiger partial charge in [0.25, 0.3) is 0 Å². The van der Waals surface area contributed by atoms with Gasteiger partial charge in [0, 0.05) is 18.2 Å². The molecule has 1 aliphatic heterocycles. The number of anilines is 1. The third-order valence-corrected chi connectivity index (χ3v) is 2.68. The highest BCUT2D eigenvalue weighted by Crippen LogP contribution is 2.24. The molecule has 6 nitrogen and oxygen atoms in total. The van der Waals surface area contributed by atoms with E-state index in [1.165, 1.54) is 4.90 Å². The summed E-state index contributed by atoms with van der Waals surface area (Å²) in [5, 5.41) is 3.52. The van der Waals surface area contributed by atoms with Crippen LogP contribution >= 0.6 is 0 Å². The molecule has 1 unspecified atom stereocenters. The minimum Gasteiger partial charge on any atom is -0.299 e. The monoisotopic (exact) mass is 217 g/mol. The predicted octanol–water partition coefficient (Wildman–Crippen LogP) is 1.67. The van der Waals surface area contributed by atoms with Gasteiger partial charge in [-0.3, -0.25) is 9.69 Å². The number of hydrogen-bond acceptors (Lipinski definition) is 3. The maximum atomic E-state index is 11.9. The molecular formula is C10H11N5O. The largest absolute Gasteiger partial charge is 0.299 e. The maximum Gasteiger partial charge on any atom is 0.236 e. The summed E-state index contributed by atoms with van der Waals surface area (Å²) in [6.07, 6.45) is 2.88. The second kappa shape index (κ2) is 4.20. The fourth-order valence-corrected chi connectivity index (χ4v) is 1.84. The zero-order chi connectivity index (χ0) is 11.5. The van der Waals surface area contributed by atoms with Crippen LogP contribution in [0.3, 0.4) is 0 Å². The minimum atomic E-state index is -0.621. The molecule has 1 aromatic rings. The molecule has 0 spiro atoms. The first kappa shape index (κ1) is 10.4. The van der Waals surface area contributed by atoms with E-state index in [-0.39, 0.29) is 5.91 Å². The number of aryl methyl sites for hydroxylation is 1. The summed E-state index contributed by atoms with van der Waals surface area (Å²) < 4.78 is 0. The first-order valence-corrected chi connectivity index (χ1v) is 4.99. The number of carbonyl (C=O) groups is 1. The zero-order valence-corrected chi connectivity index (χ0v) is 8.87. The molecule has 2 heterocycles. The van der Waals surface area contributed by atoms with E-state index in [1.54, 1.807) is 13.2 Å². The van der Waals surface area contributed by atoms with Crippen LogP contribution in [0.15, 0.2) is 23.4 Å². The van der Waals surface area contributed by atoms with Crippen LogP contribution in [0, 0.1) is 0 Å². The van der Waals surface area contributed by atoms with Crippen molar-refractivity contribution < 1.29 is 4.79 Å². The lowest BCUT2D eigenvalue weighted by molar-refractivity contribution is -0.119. The van der Waals surface area contributed by atoms with Gasteiger partial charge in [-0.1, -0.05) is 11.2 Å². The Morgan fingerprint density at radius 2 is 2.50 bits per heavy atom. The third-order valence-electron chi connectivity index (χ3n) is 2.68. The molecule has 0 saturated carbocycles. The van der Waals surface area contributed by atoms with Gasteiger partial charge in [-0.05, 0) is 30.0 Å². The zero-order valence-electron chi connectivity index (χ0n) is 8.87. The molecule has 0 radical (unpaired) electrons. The predicted molar refractivity (Wildman–Crippen MR) is 58.9 cm³/mol. The van der Waals surface area contributed by atoms with Gasteiger partial charge in [-0.2, -0.15) is 0 Å². The molecule has 0 bridgehead atoms.